The molecule has 0 saturated carbocycles. The van der Waals surface area contributed by atoms with Gasteiger partial charge in [0, 0.05) is 5.71 Å². The SMILES string of the molecule is COc1ccc(NC(=O)C/C(C)=N/NC(=O)Cc2cccc3ccccc23)c([N+](=O)[O-])c1. The molecule has 0 aromatic heterocycles. The van der Waals surface area contributed by atoms with Crippen LogP contribution in [-0.2, 0) is 16.0 Å². The number of fused-ring (bicyclic) bond motifs is 1. The number of nitrogens with one attached hydrogen (secondary N) is 2. The molecule has 0 fully saturated rings. The average Bonchev–Trinajstić information content (AvgIpc) is 2.78. The van der Waals surface area contributed by atoms with Gasteiger partial charge in [0.1, 0.15) is 11.4 Å². The van der Waals surface area contributed by atoms with Gasteiger partial charge < -0.3 is 10.1 Å². The molecule has 0 saturated heterocycles. The molecule has 0 aliphatic carbocycles. The summed E-state index contributed by atoms with van der Waals surface area (Å²) < 4.78 is 4.97. The van der Waals surface area contributed by atoms with Crippen LogP contribution < -0.4 is 15.5 Å². The molecule has 164 valence electrons. The second-order valence-corrected chi connectivity index (χ2v) is 7.06. The van der Waals surface area contributed by atoms with Gasteiger partial charge in [-0.25, -0.2) is 5.43 Å². The van der Waals surface area contributed by atoms with Crippen LogP contribution in [0.5, 0.6) is 5.75 Å². The number of methoxy groups -OCH3 is 1. The number of nitro benzene ring substituents is 1. The first-order valence-corrected chi connectivity index (χ1v) is 9.78. The quantitative estimate of drug-likeness (QED) is 0.317. The van der Waals surface area contributed by atoms with Crippen LogP contribution in [0.1, 0.15) is 18.9 Å². The van der Waals surface area contributed by atoms with Gasteiger partial charge >= 0.3 is 0 Å². The summed E-state index contributed by atoms with van der Waals surface area (Å²) in [5.41, 5.74) is 3.45. The molecule has 32 heavy (non-hydrogen) atoms. The van der Waals surface area contributed by atoms with Gasteiger partial charge in [-0.15, -0.1) is 0 Å². The van der Waals surface area contributed by atoms with Crippen molar-refractivity contribution in [2.45, 2.75) is 19.8 Å². The lowest BCUT2D eigenvalue weighted by Crippen LogP contribution is -2.23. The highest BCUT2D eigenvalue weighted by Gasteiger charge is 2.17. The van der Waals surface area contributed by atoms with Crippen molar-refractivity contribution in [1.29, 1.82) is 0 Å². The average molecular weight is 434 g/mol. The molecule has 3 rings (SSSR count). The highest BCUT2D eigenvalue weighted by Crippen LogP contribution is 2.29. The minimum atomic E-state index is -0.605. The van der Waals surface area contributed by atoms with Crippen molar-refractivity contribution in [3.63, 3.8) is 0 Å². The second kappa shape index (κ2) is 10.2. The minimum absolute atomic E-state index is 0.0496. The number of rotatable bonds is 8. The van der Waals surface area contributed by atoms with Crippen LogP contribution in [0.3, 0.4) is 0 Å². The third-order valence-electron chi connectivity index (χ3n) is 4.69. The summed E-state index contributed by atoms with van der Waals surface area (Å²) in [4.78, 5) is 35.2. The number of hydrogen-bond donors (Lipinski definition) is 2. The lowest BCUT2D eigenvalue weighted by molar-refractivity contribution is -0.384. The maximum atomic E-state index is 12.3. The minimum Gasteiger partial charge on any atom is -0.496 e. The van der Waals surface area contributed by atoms with Crippen LogP contribution >= 0.6 is 0 Å². The molecular weight excluding hydrogens is 412 g/mol. The van der Waals surface area contributed by atoms with Crippen molar-refractivity contribution in [1.82, 2.24) is 5.43 Å². The number of anilines is 1. The van der Waals surface area contributed by atoms with E-state index in [0.29, 0.717) is 11.5 Å². The summed E-state index contributed by atoms with van der Waals surface area (Å²) in [7, 11) is 1.39. The summed E-state index contributed by atoms with van der Waals surface area (Å²) >= 11 is 0. The first kappa shape index (κ1) is 22.4. The summed E-state index contributed by atoms with van der Waals surface area (Å²) in [5.74, 6) is -0.504. The third kappa shape index (κ3) is 5.66. The van der Waals surface area contributed by atoms with Crippen molar-refractivity contribution < 1.29 is 19.2 Å². The van der Waals surface area contributed by atoms with Crippen LogP contribution in [0.15, 0.2) is 65.8 Å². The molecule has 9 heteroatoms. The number of nitro groups is 1. The van der Waals surface area contributed by atoms with E-state index >= 15 is 0 Å². The van der Waals surface area contributed by atoms with Crippen molar-refractivity contribution in [2.24, 2.45) is 5.10 Å². The largest absolute Gasteiger partial charge is 0.496 e. The molecular formula is C23H22N4O5. The predicted octanol–water partition coefficient (Wildman–Crippen LogP) is 3.82. The van der Waals surface area contributed by atoms with Gasteiger partial charge in [-0.2, -0.15) is 5.10 Å². The molecule has 3 aromatic carbocycles. The maximum Gasteiger partial charge on any atom is 0.296 e. The van der Waals surface area contributed by atoms with Gasteiger partial charge in [0.2, 0.25) is 11.8 Å². The Kier molecular flexibility index (Phi) is 7.12. The number of hydrogen-bond acceptors (Lipinski definition) is 6. The number of amides is 2. The van der Waals surface area contributed by atoms with E-state index in [-0.39, 0.29) is 30.1 Å². The Balaban J connectivity index is 1.59. The Morgan fingerprint density at radius 2 is 1.81 bits per heavy atom. The number of carbonyl (C=O) groups excluding carboxylic acids is 2. The van der Waals surface area contributed by atoms with Gasteiger partial charge in [0.05, 0.1) is 30.9 Å². The molecule has 2 N–H and O–H groups in total. The van der Waals surface area contributed by atoms with Gasteiger partial charge in [-0.05, 0) is 35.4 Å². The van der Waals surface area contributed by atoms with E-state index in [1.54, 1.807) is 6.92 Å². The molecule has 0 heterocycles. The summed E-state index contributed by atoms with van der Waals surface area (Å²) in [6.45, 7) is 1.58. The molecule has 9 nitrogen and oxygen atoms in total. The Morgan fingerprint density at radius 1 is 1.06 bits per heavy atom. The van der Waals surface area contributed by atoms with E-state index in [2.05, 4.69) is 15.8 Å². The monoisotopic (exact) mass is 434 g/mol. The van der Waals surface area contributed by atoms with Crippen LogP contribution in [-0.4, -0.2) is 29.6 Å². The molecule has 0 atom stereocenters. The maximum absolute atomic E-state index is 12.3. The Labute approximate surface area is 184 Å². The molecule has 3 aromatic rings. The zero-order valence-electron chi connectivity index (χ0n) is 17.6. The van der Waals surface area contributed by atoms with Crippen molar-refractivity contribution in [2.75, 3.05) is 12.4 Å². The van der Waals surface area contributed by atoms with E-state index in [1.165, 1.54) is 25.3 Å². The fourth-order valence-electron chi connectivity index (χ4n) is 3.18. The van der Waals surface area contributed by atoms with Gasteiger partial charge in [0.25, 0.3) is 5.69 Å². The standard InChI is InChI=1S/C23H22N4O5/c1-15(12-22(28)24-20-11-10-18(32-2)14-21(20)27(30)31)25-26-23(29)13-17-8-5-7-16-6-3-4-9-19(16)17/h3-11,14H,12-13H2,1-2H3,(H,24,28)(H,26,29)/b25-15+. The fourth-order valence-corrected chi connectivity index (χ4v) is 3.18. The summed E-state index contributed by atoms with van der Waals surface area (Å²) in [5, 5.41) is 19.7. The Bertz CT molecular complexity index is 1200. The van der Waals surface area contributed by atoms with Crippen LogP contribution in [0.4, 0.5) is 11.4 Å². The summed E-state index contributed by atoms with van der Waals surface area (Å²) in [6, 6.07) is 17.7. The molecule has 0 spiro atoms. The van der Waals surface area contributed by atoms with E-state index in [9.17, 15) is 19.7 Å². The van der Waals surface area contributed by atoms with Crippen LogP contribution in [0, 0.1) is 10.1 Å². The van der Waals surface area contributed by atoms with E-state index < -0.39 is 10.8 Å². The zero-order chi connectivity index (χ0) is 23.1. The van der Waals surface area contributed by atoms with Crippen molar-refractivity contribution >= 4 is 39.7 Å². The van der Waals surface area contributed by atoms with Gasteiger partial charge in [-0.1, -0.05) is 42.5 Å². The molecule has 0 unspecified atom stereocenters. The first-order chi connectivity index (χ1) is 15.4. The van der Waals surface area contributed by atoms with Crippen LogP contribution in [0.2, 0.25) is 0 Å². The normalized spacial score (nSPS) is 11.1. The van der Waals surface area contributed by atoms with E-state index in [4.69, 9.17) is 4.74 Å². The number of hydrazone groups is 1. The highest BCUT2D eigenvalue weighted by molar-refractivity contribution is 6.06. The Morgan fingerprint density at radius 3 is 2.56 bits per heavy atom. The highest BCUT2D eigenvalue weighted by atomic mass is 16.6. The smallest absolute Gasteiger partial charge is 0.296 e. The Hall–Kier alpha value is -4.27. The lowest BCUT2D eigenvalue weighted by atomic mass is 10.0. The predicted molar refractivity (Wildman–Crippen MR) is 122 cm³/mol. The number of benzene rings is 3. The molecule has 2 amide bonds. The topological polar surface area (TPSA) is 123 Å². The van der Waals surface area contributed by atoms with E-state index in [1.807, 2.05) is 42.5 Å². The first-order valence-electron chi connectivity index (χ1n) is 9.78. The van der Waals surface area contributed by atoms with Crippen molar-refractivity contribution in [3.8, 4) is 5.75 Å². The van der Waals surface area contributed by atoms with Gasteiger partial charge in [0.15, 0.2) is 0 Å². The number of nitrogens with zero attached hydrogens (tertiary/aromatic N) is 2. The van der Waals surface area contributed by atoms with Crippen molar-refractivity contribution in [3.05, 3.63) is 76.3 Å². The van der Waals surface area contributed by atoms with Crippen LogP contribution in [0.25, 0.3) is 10.8 Å². The molecule has 0 radical (unpaired) electrons. The fraction of sp³-hybridized carbons (Fsp3) is 0.174. The van der Waals surface area contributed by atoms with E-state index in [0.717, 1.165) is 16.3 Å². The summed E-state index contributed by atoms with van der Waals surface area (Å²) in [6.07, 6.45) is 0.000103. The molecule has 0 aliphatic rings. The molecule has 0 aliphatic heterocycles. The zero-order valence-corrected chi connectivity index (χ0v) is 17.6. The third-order valence-corrected chi connectivity index (χ3v) is 4.69. The molecule has 0 bridgehead atoms. The second-order valence-electron chi connectivity index (χ2n) is 7.06. The number of ether oxygens (including phenoxy) is 1. The number of carbonyl (C=O) groups is 2. The van der Waals surface area contributed by atoms with Gasteiger partial charge in [-0.3, -0.25) is 19.7 Å². The lowest BCUT2D eigenvalue weighted by Gasteiger charge is -2.08.